The van der Waals surface area contributed by atoms with Crippen LogP contribution in [-0.4, -0.2) is 35.8 Å². The summed E-state index contributed by atoms with van der Waals surface area (Å²) in [6.07, 6.45) is 1.67. The van der Waals surface area contributed by atoms with Crippen LogP contribution in [0.2, 0.25) is 5.02 Å². The maximum absolute atomic E-state index is 11.2. The second-order valence-corrected chi connectivity index (χ2v) is 7.04. The van der Waals surface area contributed by atoms with Gasteiger partial charge in [-0.15, -0.1) is 0 Å². The molecule has 1 aromatic heterocycles. The van der Waals surface area contributed by atoms with Gasteiger partial charge in [-0.05, 0) is 61.0 Å². The molecule has 4 N–H and O–H groups in total. The molecule has 0 spiro atoms. The van der Waals surface area contributed by atoms with Gasteiger partial charge in [-0.1, -0.05) is 23.7 Å². The third-order valence-corrected chi connectivity index (χ3v) is 4.71. The Balaban J connectivity index is 1.39. The van der Waals surface area contributed by atoms with Gasteiger partial charge in [0.15, 0.2) is 0 Å². The van der Waals surface area contributed by atoms with E-state index in [2.05, 4.69) is 10.6 Å². The van der Waals surface area contributed by atoms with Crippen molar-refractivity contribution in [1.82, 2.24) is 5.32 Å². The van der Waals surface area contributed by atoms with Crippen molar-refractivity contribution in [2.45, 2.75) is 12.5 Å². The predicted molar refractivity (Wildman–Crippen MR) is 113 cm³/mol. The quantitative estimate of drug-likeness (QED) is 0.367. The van der Waals surface area contributed by atoms with Crippen LogP contribution in [0, 0.1) is 0 Å². The van der Waals surface area contributed by atoms with E-state index in [4.69, 9.17) is 21.1 Å². The summed E-state index contributed by atoms with van der Waals surface area (Å²) in [5.74, 6) is -0.657. The highest BCUT2D eigenvalue weighted by Gasteiger charge is 2.14. The average molecular weight is 415 g/mol. The van der Waals surface area contributed by atoms with E-state index in [1.165, 1.54) is 12.3 Å². The number of rotatable bonds is 10. The number of nitrogens with one attached hydrogen (secondary N) is 2. The SMILES string of the molecule is O=C(O)c1ccoc1-c1ccc(NCCCNC[C@@H](O)c2cccc(Cl)c2)cc1. The highest BCUT2D eigenvalue weighted by atomic mass is 35.5. The van der Waals surface area contributed by atoms with Crippen molar-refractivity contribution < 1.29 is 19.4 Å². The Hall–Kier alpha value is -2.80. The lowest BCUT2D eigenvalue weighted by Crippen LogP contribution is -2.24. The molecule has 0 saturated carbocycles. The molecular weight excluding hydrogens is 392 g/mol. The second kappa shape index (κ2) is 10.1. The fourth-order valence-corrected chi connectivity index (χ4v) is 3.16. The minimum absolute atomic E-state index is 0.150. The highest BCUT2D eigenvalue weighted by molar-refractivity contribution is 6.30. The molecule has 0 aliphatic rings. The van der Waals surface area contributed by atoms with E-state index in [1.54, 1.807) is 12.1 Å². The molecule has 1 heterocycles. The zero-order valence-corrected chi connectivity index (χ0v) is 16.5. The average Bonchev–Trinajstić information content (AvgIpc) is 3.21. The van der Waals surface area contributed by atoms with Gasteiger partial charge in [-0.25, -0.2) is 4.79 Å². The minimum atomic E-state index is -1.01. The number of aromatic carboxylic acids is 1. The van der Waals surface area contributed by atoms with Crippen LogP contribution >= 0.6 is 11.6 Å². The van der Waals surface area contributed by atoms with E-state index in [9.17, 15) is 9.90 Å². The summed E-state index contributed by atoms with van der Waals surface area (Å²) in [6, 6.07) is 16.1. The Bertz CT molecular complexity index is 940. The van der Waals surface area contributed by atoms with Gasteiger partial charge in [0, 0.05) is 29.4 Å². The van der Waals surface area contributed by atoms with Crippen molar-refractivity contribution in [2.24, 2.45) is 0 Å². The first-order valence-electron chi connectivity index (χ1n) is 9.34. The van der Waals surface area contributed by atoms with Crippen molar-refractivity contribution in [1.29, 1.82) is 0 Å². The summed E-state index contributed by atoms with van der Waals surface area (Å²) >= 11 is 5.94. The molecule has 0 amide bonds. The molecule has 3 aromatic rings. The van der Waals surface area contributed by atoms with Crippen molar-refractivity contribution in [3.05, 3.63) is 77.0 Å². The molecule has 6 nitrogen and oxygen atoms in total. The Labute approximate surface area is 174 Å². The van der Waals surface area contributed by atoms with Gasteiger partial charge in [0.25, 0.3) is 0 Å². The molecule has 0 saturated heterocycles. The Morgan fingerprint density at radius 3 is 2.62 bits per heavy atom. The molecule has 0 fully saturated rings. The number of hydrogen-bond donors (Lipinski definition) is 4. The number of carboxylic acid groups (broad SMARTS) is 1. The first-order valence-corrected chi connectivity index (χ1v) is 9.72. The van der Waals surface area contributed by atoms with E-state index in [-0.39, 0.29) is 5.56 Å². The number of aliphatic hydroxyl groups excluding tert-OH is 1. The molecule has 0 aliphatic heterocycles. The van der Waals surface area contributed by atoms with Gasteiger partial charge in [-0.3, -0.25) is 0 Å². The molecular formula is C22H23ClN2O4. The standard InChI is InChI=1S/C22H23ClN2O4/c23-17-4-1-3-16(13-17)20(26)14-24-10-2-11-25-18-7-5-15(6-8-18)21-19(22(27)28)9-12-29-21/h1,3-9,12-13,20,24-26H,2,10-11,14H2,(H,27,28)/t20-/m1/s1. The van der Waals surface area contributed by atoms with E-state index in [0.29, 0.717) is 17.3 Å². The number of anilines is 1. The van der Waals surface area contributed by atoms with E-state index >= 15 is 0 Å². The Morgan fingerprint density at radius 2 is 1.90 bits per heavy atom. The number of carbonyl (C=O) groups is 1. The third kappa shape index (κ3) is 5.84. The van der Waals surface area contributed by atoms with Crippen LogP contribution in [0.15, 0.2) is 65.3 Å². The van der Waals surface area contributed by atoms with Gasteiger partial charge in [0.2, 0.25) is 0 Å². The monoisotopic (exact) mass is 414 g/mol. The van der Waals surface area contributed by atoms with E-state index in [1.807, 2.05) is 36.4 Å². The molecule has 7 heteroatoms. The van der Waals surface area contributed by atoms with Crippen LogP contribution < -0.4 is 10.6 Å². The summed E-state index contributed by atoms with van der Waals surface area (Å²) in [4.78, 5) is 11.2. The molecule has 2 aromatic carbocycles. The normalized spacial score (nSPS) is 11.9. The van der Waals surface area contributed by atoms with Gasteiger partial charge in [0.05, 0.1) is 12.4 Å². The summed E-state index contributed by atoms with van der Waals surface area (Å²) in [5.41, 5.74) is 2.60. The summed E-state index contributed by atoms with van der Waals surface area (Å²) in [6.45, 7) is 1.99. The third-order valence-electron chi connectivity index (χ3n) is 4.47. The van der Waals surface area contributed by atoms with Crippen LogP contribution in [-0.2, 0) is 0 Å². The number of benzene rings is 2. The van der Waals surface area contributed by atoms with Gasteiger partial charge in [0.1, 0.15) is 11.3 Å². The van der Waals surface area contributed by atoms with Crippen molar-refractivity contribution in [3.63, 3.8) is 0 Å². The maximum Gasteiger partial charge on any atom is 0.339 e. The number of hydrogen-bond acceptors (Lipinski definition) is 5. The van der Waals surface area contributed by atoms with Crippen molar-refractivity contribution >= 4 is 23.3 Å². The highest BCUT2D eigenvalue weighted by Crippen LogP contribution is 2.26. The van der Waals surface area contributed by atoms with Crippen molar-refractivity contribution in [3.8, 4) is 11.3 Å². The van der Waals surface area contributed by atoms with Gasteiger partial charge < -0.3 is 25.3 Å². The second-order valence-electron chi connectivity index (χ2n) is 6.60. The lowest BCUT2D eigenvalue weighted by molar-refractivity contribution is 0.0697. The summed E-state index contributed by atoms with van der Waals surface area (Å²) in [7, 11) is 0. The molecule has 29 heavy (non-hydrogen) atoms. The predicted octanol–water partition coefficient (Wildman–Crippen LogP) is 4.42. The minimum Gasteiger partial charge on any atom is -0.478 e. The summed E-state index contributed by atoms with van der Waals surface area (Å²) in [5, 5.41) is 26.5. The molecule has 0 unspecified atom stereocenters. The van der Waals surface area contributed by atoms with Gasteiger partial charge >= 0.3 is 5.97 Å². The number of aliphatic hydroxyl groups is 1. The fraction of sp³-hybridized carbons (Fsp3) is 0.227. The smallest absolute Gasteiger partial charge is 0.339 e. The van der Waals surface area contributed by atoms with Crippen LogP contribution in [0.5, 0.6) is 0 Å². The Morgan fingerprint density at radius 1 is 1.10 bits per heavy atom. The number of halogens is 1. The molecule has 3 rings (SSSR count). The number of furan rings is 1. The first kappa shape index (κ1) is 20.9. The topological polar surface area (TPSA) is 94.7 Å². The fourth-order valence-electron chi connectivity index (χ4n) is 2.96. The molecule has 0 bridgehead atoms. The van der Waals surface area contributed by atoms with Gasteiger partial charge in [-0.2, -0.15) is 0 Å². The molecule has 0 aliphatic carbocycles. The zero-order chi connectivity index (χ0) is 20.6. The zero-order valence-electron chi connectivity index (χ0n) is 15.8. The van der Waals surface area contributed by atoms with Crippen LogP contribution in [0.3, 0.4) is 0 Å². The van der Waals surface area contributed by atoms with Crippen LogP contribution in [0.4, 0.5) is 5.69 Å². The van der Waals surface area contributed by atoms with E-state index < -0.39 is 12.1 Å². The summed E-state index contributed by atoms with van der Waals surface area (Å²) < 4.78 is 5.30. The molecule has 1 atom stereocenters. The maximum atomic E-state index is 11.2. The van der Waals surface area contributed by atoms with Crippen LogP contribution in [0.1, 0.15) is 28.4 Å². The number of carboxylic acids is 1. The van der Waals surface area contributed by atoms with E-state index in [0.717, 1.165) is 36.3 Å². The van der Waals surface area contributed by atoms with Crippen LogP contribution in [0.25, 0.3) is 11.3 Å². The lowest BCUT2D eigenvalue weighted by Gasteiger charge is -2.13. The molecule has 0 radical (unpaired) electrons. The Kier molecular flexibility index (Phi) is 7.30. The largest absolute Gasteiger partial charge is 0.478 e. The molecule has 152 valence electrons. The lowest BCUT2D eigenvalue weighted by atomic mass is 10.1. The van der Waals surface area contributed by atoms with Crippen molar-refractivity contribution in [2.75, 3.05) is 25.0 Å². The first-order chi connectivity index (χ1) is 14.0.